The van der Waals surface area contributed by atoms with Gasteiger partial charge in [-0.05, 0) is 47.5 Å². The molecule has 1 unspecified atom stereocenters. The number of halogens is 1. The molecule has 0 bridgehead atoms. The topological polar surface area (TPSA) is 53.4 Å². The van der Waals surface area contributed by atoms with Crippen LogP contribution in [0.15, 0.2) is 77.7 Å². The molecule has 3 aromatic carbocycles. The van der Waals surface area contributed by atoms with Gasteiger partial charge in [0.2, 0.25) is 5.75 Å². The Hall–Kier alpha value is -3.31. The van der Waals surface area contributed by atoms with E-state index in [-0.39, 0.29) is 16.8 Å². The Bertz CT molecular complexity index is 1210. The molecule has 5 nitrogen and oxygen atoms in total. The lowest BCUT2D eigenvalue weighted by atomic mass is 10.00. The summed E-state index contributed by atoms with van der Waals surface area (Å²) in [6.07, 6.45) is 1.43. The van der Waals surface area contributed by atoms with Crippen LogP contribution in [0.4, 0.5) is 0 Å². The Kier molecular flexibility index (Phi) is 5.23. The van der Waals surface area contributed by atoms with Crippen LogP contribution >= 0.6 is 11.6 Å². The van der Waals surface area contributed by atoms with E-state index in [1.807, 2.05) is 49.4 Å². The maximum absolute atomic E-state index is 13.1. The van der Waals surface area contributed by atoms with Crippen molar-refractivity contribution in [3.63, 3.8) is 0 Å². The zero-order valence-corrected chi connectivity index (χ0v) is 16.8. The summed E-state index contributed by atoms with van der Waals surface area (Å²) in [5.41, 5.74) is 0.601. The third kappa shape index (κ3) is 3.69. The van der Waals surface area contributed by atoms with Crippen LogP contribution in [0.3, 0.4) is 0 Å². The molecular weight excluding hydrogens is 388 g/mol. The number of benzene rings is 3. The molecule has 0 fully saturated rings. The second-order valence-corrected chi connectivity index (χ2v) is 7.00. The minimum Gasteiger partial charge on any atom is -0.497 e. The fourth-order valence-electron chi connectivity index (χ4n) is 3.31. The molecule has 0 aliphatic rings. The van der Waals surface area contributed by atoms with Crippen molar-refractivity contribution in [3.05, 3.63) is 93.9 Å². The Morgan fingerprint density at radius 2 is 1.66 bits per heavy atom. The molecule has 1 aromatic heterocycles. The van der Waals surface area contributed by atoms with Gasteiger partial charge in [-0.1, -0.05) is 54.1 Å². The molecule has 0 spiro atoms. The lowest BCUT2D eigenvalue weighted by Crippen LogP contribution is -2.27. The van der Waals surface area contributed by atoms with Crippen molar-refractivity contribution >= 4 is 22.4 Å². The van der Waals surface area contributed by atoms with Crippen molar-refractivity contribution in [1.29, 1.82) is 0 Å². The van der Waals surface area contributed by atoms with Gasteiger partial charge in [-0.15, -0.1) is 0 Å². The minimum absolute atomic E-state index is 0.0407. The molecule has 1 atom stereocenters. The van der Waals surface area contributed by atoms with Crippen LogP contribution in [0.1, 0.15) is 18.5 Å². The number of hydrogen-bond acceptors (Lipinski definition) is 4. The summed E-state index contributed by atoms with van der Waals surface area (Å²) in [6.45, 7) is 1.93. The predicted octanol–water partition coefficient (Wildman–Crippen LogP) is 5.46. The molecule has 0 aliphatic heterocycles. The summed E-state index contributed by atoms with van der Waals surface area (Å²) in [7, 11) is 1.59. The Morgan fingerprint density at radius 1 is 0.966 bits per heavy atom. The van der Waals surface area contributed by atoms with Crippen LogP contribution in [0.5, 0.6) is 17.2 Å². The lowest BCUT2D eigenvalue weighted by Gasteiger charge is -2.18. The van der Waals surface area contributed by atoms with E-state index in [1.54, 1.807) is 31.4 Å². The summed E-state index contributed by atoms with van der Waals surface area (Å²) in [5.74, 6) is 1.22. The maximum atomic E-state index is 13.1. The van der Waals surface area contributed by atoms with Crippen LogP contribution in [0.25, 0.3) is 10.8 Å². The first kappa shape index (κ1) is 19.0. The molecule has 146 valence electrons. The highest BCUT2D eigenvalue weighted by atomic mass is 35.5. The second kappa shape index (κ2) is 7.97. The van der Waals surface area contributed by atoms with Gasteiger partial charge in [-0.25, -0.2) is 4.68 Å². The van der Waals surface area contributed by atoms with Crippen molar-refractivity contribution in [2.75, 3.05) is 7.11 Å². The molecule has 0 aliphatic carbocycles. The number of hydrogen-bond donors (Lipinski definition) is 0. The van der Waals surface area contributed by atoms with Crippen molar-refractivity contribution in [3.8, 4) is 17.2 Å². The van der Waals surface area contributed by atoms with Gasteiger partial charge in [0, 0.05) is 0 Å². The molecule has 0 saturated heterocycles. The van der Waals surface area contributed by atoms with Crippen LogP contribution in [-0.4, -0.2) is 16.9 Å². The SMILES string of the molecule is COc1ccc(Oc2c(Cl)cnn(C(C)c3cccc4ccccc34)c2=O)cc1. The number of aromatic nitrogens is 2. The van der Waals surface area contributed by atoms with E-state index < -0.39 is 5.56 Å². The van der Waals surface area contributed by atoms with Crippen LogP contribution < -0.4 is 15.0 Å². The third-order valence-corrected chi connectivity index (χ3v) is 5.10. The van der Waals surface area contributed by atoms with Crippen LogP contribution in [-0.2, 0) is 0 Å². The molecule has 0 N–H and O–H groups in total. The quantitative estimate of drug-likeness (QED) is 0.441. The molecular formula is C23H19ClN2O3. The number of fused-ring (bicyclic) bond motifs is 1. The van der Waals surface area contributed by atoms with E-state index >= 15 is 0 Å². The first-order chi connectivity index (χ1) is 14.1. The number of ether oxygens (including phenoxy) is 2. The van der Waals surface area contributed by atoms with E-state index in [9.17, 15) is 4.79 Å². The van der Waals surface area contributed by atoms with E-state index in [0.29, 0.717) is 11.5 Å². The Morgan fingerprint density at radius 3 is 2.41 bits per heavy atom. The summed E-state index contributed by atoms with van der Waals surface area (Å²) in [5, 5.41) is 6.60. The summed E-state index contributed by atoms with van der Waals surface area (Å²) < 4.78 is 12.3. The molecule has 0 radical (unpaired) electrons. The molecule has 0 saturated carbocycles. The zero-order chi connectivity index (χ0) is 20.4. The molecule has 29 heavy (non-hydrogen) atoms. The van der Waals surface area contributed by atoms with E-state index in [1.165, 1.54) is 10.9 Å². The van der Waals surface area contributed by atoms with Crippen molar-refractivity contribution in [2.24, 2.45) is 0 Å². The smallest absolute Gasteiger partial charge is 0.311 e. The highest BCUT2D eigenvalue weighted by Gasteiger charge is 2.19. The third-order valence-electron chi connectivity index (χ3n) is 4.83. The first-order valence-electron chi connectivity index (χ1n) is 9.15. The van der Waals surface area contributed by atoms with Crippen molar-refractivity contribution in [1.82, 2.24) is 9.78 Å². The molecule has 1 heterocycles. The van der Waals surface area contributed by atoms with E-state index in [2.05, 4.69) is 5.10 Å². The first-order valence-corrected chi connectivity index (χ1v) is 9.53. The second-order valence-electron chi connectivity index (χ2n) is 6.59. The van der Waals surface area contributed by atoms with Crippen LogP contribution in [0, 0.1) is 0 Å². The summed E-state index contributed by atoms with van der Waals surface area (Å²) >= 11 is 6.23. The molecule has 4 aromatic rings. The highest BCUT2D eigenvalue weighted by molar-refractivity contribution is 6.31. The Balaban J connectivity index is 1.75. The summed E-state index contributed by atoms with van der Waals surface area (Å²) in [4.78, 5) is 13.1. The largest absolute Gasteiger partial charge is 0.497 e. The fraction of sp³-hybridized carbons (Fsp3) is 0.130. The van der Waals surface area contributed by atoms with Gasteiger partial charge in [0.25, 0.3) is 0 Å². The standard InChI is InChI=1S/C23H19ClN2O3/c1-15(19-9-5-7-16-6-3-4-8-20(16)19)26-23(27)22(21(24)14-25-26)29-18-12-10-17(28-2)11-13-18/h3-15H,1-2H3. The summed E-state index contributed by atoms with van der Waals surface area (Å²) in [6, 6.07) is 20.7. The Labute approximate surface area is 173 Å². The minimum atomic E-state index is -0.395. The van der Waals surface area contributed by atoms with Gasteiger partial charge in [0.15, 0.2) is 0 Å². The number of rotatable bonds is 5. The average molecular weight is 407 g/mol. The highest BCUT2D eigenvalue weighted by Crippen LogP contribution is 2.29. The van der Waals surface area contributed by atoms with Crippen molar-refractivity contribution < 1.29 is 9.47 Å². The van der Waals surface area contributed by atoms with Gasteiger partial charge in [0.1, 0.15) is 16.5 Å². The van der Waals surface area contributed by atoms with Gasteiger partial charge >= 0.3 is 5.56 Å². The predicted molar refractivity (Wildman–Crippen MR) is 114 cm³/mol. The zero-order valence-electron chi connectivity index (χ0n) is 16.0. The average Bonchev–Trinajstić information content (AvgIpc) is 2.76. The van der Waals surface area contributed by atoms with Gasteiger partial charge in [-0.2, -0.15) is 5.10 Å². The maximum Gasteiger partial charge on any atom is 0.311 e. The van der Waals surface area contributed by atoms with Crippen molar-refractivity contribution in [2.45, 2.75) is 13.0 Å². The van der Waals surface area contributed by atoms with E-state index in [4.69, 9.17) is 21.1 Å². The van der Waals surface area contributed by atoms with Gasteiger partial charge in [0.05, 0.1) is 19.3 Å². The fourth-order valence-corrected chi connectivity index (χ4v) is 3.47. The molecule has 6 heteroatoms. The van der Waals surface area contributed by atoms with Crippen LogP contribution in [0.2, 0.25) is 5.02 Å². The van der Waals surface area contributed by atoms with E-state index in [0.717, 1.165) is 16.3 Å². The van der Waals surface area contributed by atoms with Gasteiger partial charge < -0.3 is 9.47 Å². The molecule has 0 amide bonds. The molecule has 4 rings (SSSR count). The normalized spacial score (nSPS) is 12.0. The van der Waals surface area contributed by atoms with Gasteiger partial charge in [-0.3, -0.25) is 4.79 Å². The number of methoxy groups -OCH3 is 1. The monoisotopic (exact) mass is 406 g/mol. The number of nitrogens with zero attached hydrogens (tertiary/aromatic N) is 2. The lowest BCUT2D eigenvalue weighted by molar-refractivity contribution is 0.411.